The number of hydrogen-bond donors (Lipinski definition) is 1. The van der Waals surface area contributed by atoms with Crippen molar-refractivity contribution >= 4 is 40.9 Å². The van der Waals surface area contributed by atoms with Crippen LogP contribution in [0.15, 0.2) is 54.6 Å². The molecule has 1 aliphatic rings. The molecule has 0 bridgehead atoms. The van der Waals surface area contributed by atoms with E-state index in [4.69, 9.17) is 40.0 Å². The first-order chi connectivity index (χ1) is 23.5. The van der Waals surface area contributed by atoms with Crippen molar-refractivity contribution in [1.82, 2.24) is 5.32 Å². The number of benzene rings is 3. The number of amides is 2. The highest BCUT2D eigenvalue weighted by molar-refractivity contribution is 6.30. The maximum Gasteiger partial charge on any atom is 0.306 e. The molecule has 49 heavy (non-hydrogen) atoms. The molecule has 1 heterocycles. The second-order valence-electron chi connectivity index (χ2n) is 11.2. The average Bonchev–Trinajstić information content (AvgIpc) is 3.20. The summed E-state index contributed by atoms with van der Waals surface area (Å²) in [5, 5.41) is 3.05. The number of hydrogen-bond acceptors (Lipinski definition) is 10. The largest absolute Gasteiger partial charge is 0.497 e. The maximum absolute atomic E-state index is 14.5. The first-order valence-corrected chi connectivity index (χ1v) is 16.1. The number of halogens is 1. The highest BCUT2D eigenvalue weighted by Crippen LogP contribution is 2.45. The summed E-state index contributed by atoms with van der Waals surface area (Å²) < 4.78 is 33.7. The second-order valence-corrected chi connectivity index (χ2v) is 11.6. The number of esters is 1. The number of ketones is 1. The summed E-state index contributed by atoms with van der Waals surface area (Å²) in [7, 11) is 6.07. The van der Waals surface area contributed by atoms with E-state index in [0.29, 0.717) is 50.4 Å². The summed E-state index contributed by atoms with van der Waals surface area (Å²) in [5.41, 5.74) is 2.24. The number of para-hydroxylation sites is 1. The van der Waals surface area contributed by atoms with Gasteiger partial charge in [0.1, 0.15) is 23.7 Å². The Hall–Kier alpha value is -4.81. The minimum atomic E-state index is -1.32. The Morgan fingerprint density at radius 3 is 2.35 bits per heavy atom. The summed E-state index contributed by atoms with van der Waals surface area (Å²) in [6.07, 6.45) is -2.89. The zero-order valence-electron chi connectivity index (χ0n) is 28.4. The van der Waals surface area contributed by atoms with Gasteiger partial charge in [0.15, 0.2) is 17.3 Å². The van der Waals surface area contributed by atoms with E-state index in [1.165, 1.54) is 33.2 Å². The topological polar surface area (TPSA) is 139 Å². The standard InChI is InChI=1S/C36H41ClN2O10/c1-7-48-33(42)16-15-28(40)21(2)38-32(41)19-31-36(43)39(20-22-11-13-24(44-3)18-30(22)46-5)27-14-12-23(37)17-26(27)34(49-31)25-9-8-10-29(45-4)35(25)47-6/h8-14,17-18,21,31,34H,7,15-16,19-20H2,1-6H3,(H,38,41)/t21?,31-,34-/m0/s1. The first-order valence-electron chi connectivity index (χ1n) is 15.7. The van der Waals surface area contributed by atoms with Crippen molar-refractivity contribution in [2.75, 3.05) is 39.9 Å². The summed E-state index contributed by atoms with van der Waals surface area (Å²) in [5.74, 6) is -0.0928. The van der Waals surface area contributed by atoms with Crippen LogP contribution in [0.25, 0.3) is 0 Å². The molecule has 0 aliphatic carbocycles. The van der Waals surface area contributed by atoms with E-state index >= 15 is 0 Å². The molecule has 0 fully saturated rings. The molecule has 13 heteroatoms. The van der Waals surface area contributed by atoms with Gasteiger partial charge in [-0.25, -0.2) is 0 Å². The number of nitrogens with one attached hydrogen (secondary N) is 1. The van der Waals surface area contributed by atoms with Crippen molar-refractivity contribution in [3.05, 3.63) is 76.3 Å². The summed E-state index contributed by atoms with van der Waals surface area (Å²) in [6.45, 7) is 3.45. The van der Waals surface area contributed by atoms with Crippen LogP contribution in [0, 0.1) is 0 Å². The van der Waals surface area contributed by atoms with E-state index < -0.39 is 42.5 Å². The number of carbonyl (C=O) groups is 4. The zero-order valence-corrected chi connectivity index (χ0v) is 29.1. The number of methoxy groups -OCH3 is 4. The van der Waals surface area contributed by atoms with Gasteiger partial charge in [0, 0.05) is 34.2 Å². The molecule has 1 N–H and O–H groups in total. The molecule has 1 unspecified atom stereocenters. The quantitative estimate of drug-likeness (QED) is 0.211. The second kappa shape index (κ2) is 17.0. The number of carbonyl (C=O) groups excluding carboxylic acids is 4. The molecule has 0 saturated heterocycles. The van der Waals surface area contributed by atoms with Crippen LogP contribution in [0.2, 0.25) is 5.02 Å². The Morgan fingerprint density at radius 1 is 0.918 bits per heavy atom. The van der Waals surface area contributed by atoms with Crippen molar-refractivity contribution in [2.45, 2.75) is 57.9 Å². The fourth-order valence-corrected chi connectivity index (χ4v) is 5.78. The van der Waals surface area contributed by atoms with Gasteiger partial charge in [-0.1, -0.05) is 23.7 Å². The molecule has 3 atom stereocenters. The Labute approximate surface area is 290 Å². The molecular weight excluding hydrogens is 656 g/mol. The summed E-state index contributed by atoms with van der Waals surface area (Å²) >= 11 is 6.54. The van der Waals surface area contributed by atoms with Crippen LogP contribution < -0.4 is 29.2 Å². The molecule has 262 valence electrons. The number of nitrogens with zero attached hydrogens (tertiary/aromatic N) is 1. The summed E-state index contributed by atoms with van der Waals surface area (Å²) in [6, 6.07) is 14.7. The fourth-order valence-electron chi connectivity index (χ4n) is 5.60. The smallest absolute Gasteiger partial charge is 0.306 e. The van der Waals surface area contributed by atoms with E-state index in [1.54, 1.807) is 68.6 Å². The number of ether oxygens (including phenoxy) is 6. The molecule has 0 spiro atoms. The monoisotopic (exact) mass is 696 g/mol. The lowest BCUT2D eigenvalue weighted by atomic mass is 9.97. The average molecular weight is 697 g/mol. The molecule has 1 aliphatic heterocycles. The Kier molecular flexibility index (Phi) is 12.9. The third kappa shape index (κ3) is 8.81. The van der Waals surface area contributed by atoms with Gasteiger partial charge < -0.3 is 38.6 Å². The predicted molar refractivity (Wildman–Crippen MR) is 182 cm³/mol. The van der Waals surface area contributed by atoms with Gasteiger partial charge >= 0.3 is 5.97 Å². The van der Waals surface area contributed by atoms with Gasteiger partial charge in [-0.15, -0.1) is 0 Å². The van der Waals surface area contributed by atoms with Crippen LogP contribution in [0.5, 0.6) is 23.0 Å². The lowest BCUT2D eigenvalue weighted by molar-refractivity contribution is -0.144. The third-order valence-electron chi connectivity index (χ3n) is 8.06. The Morgan fingerprint density at radius 2 is 1.67 bits per heavy atom. The molecule has 0 radical (unpaired) electrons. The molecule has 4 rings (SSSR count). The van der Waals surface area contributed by atoms with Crippen LogP contribution in [-0.4, -0.2) is 70.8 Å². The van der Waals surface area contributed by atoms with E-state index in [2.05, 4.69) is 5.32 Å². The zero-order chi connectivity index (χ0) is 35.7. The number of anilines is 1. The lowest BCUT2D eigenvalue weighted by Crippen LogP contribution is -2.44. The van der Waals surface area contributed by atoms with Crippen LogP contribution >= 0.6 is 11.6 Å². The van der Waals surface area contributed by atoms with Gasteiger partial charge in [0.2, 0.25) is 5.91 Å². The lowest BCUT2D eigenvalue weighted by Gasteiger charge is -2.26. The van der Waals surface area contributed by atoms with Gasteiger partial charge in [0.05, 0.1) is 66.2 Å². The van der Waals surface area contributed by atoms with Crippen LogP contribution in [-0.2, 0) is 35.2 Å². The Bertz CT molecular complexity index is 1680. The molecule has 0 aromatic heterocycles. The maximum atomic E-state index is 14.5. The van der Waals surface area contributed by atoms with Gasteiger partial charge in [-0.2, -0.15) is 0 Å². The predicted octanol–water partition coefficient (Wildman–Crippen LogP) is 5.20. The van der Waals surface area contributed by atoms with Crippen molar-refractivity contribution in [3.8, 4) is 23.0 Å². The molecule has 2 amide bonds. The fraction of sp³-hybridized carbons (Fsp3) is 0.389. The van der Waals surface area contributed by atoms with Crippen molar-refractivity contribution in [2.24, 2.45) is 0 Å². The minimum Gasteiger partial charge on any atom is -0.497 e. The van der Waals surface area contributed by atoms with E-state index in [-0.39, 0.29) is 31.8 Å². The Balaban J connectivity index is 1.75. The van der Waals surface area contributed by atoms with Crippen molar-refractivity contribution < 1.29 is 47.6 Å². The minimum absolute atomic E-state index is 0.0484. The summed E-state index contributed by atoms with van der Waals surface area (Å²) in [4.78, 5) is 54.0. The number of fused-ring (bicyclic) bond motifs is 1. The van der Waals surface area contributed by atoms with Crippen LogP contribution in [0.3, 0.4) is 0 Å². The number of Topliss-reactive ketones (excluding diaryl/α,β-unsaturated/α-hetero) is 1. The van der Waals surface area contributed by atoms with E-state index in [9.17, 15) is 19.2 Å². The van der Waals surface area contributed by atoms with Gasteiger partial charge in [0.25, 0.3) is 5.91 Å². The molecule has 3 aromatic carbocycles. The van der Waals surface area contributed by atoms with Gasteiger partial charge in [-0.05, 0) is 50.2 Å². The third-order valence-corrected chi connectivity index (χ3v) is 8.29. The van der Waals surface area contributed by atoms with Crippen molar-refractivity contribution in [3.63, 3.8) is 0 Å². The highest BCUT2D eigenvalue weighted by atomic mass is 35.5. The molecule has 0 saturated carbocycles. The van der Waals surface area contributed by atoms with Crippen LogP contribution in [0.1, 0.15) is 55.9 Å². The van der Waals surface area contributed by atoms with E-state index in [0.717, 1.165) is 0 Å². The first kappa shape index (κ1) is 37.0. The molecule has 12 nitrogen and oxygen atoms in total. The normalized spacial score (nSPS) is 16.1. The highest BCUT2D eigenvalue weighted by Gasteiger charge is 2.39. The molecule has 3 aromatic rings. The van der Waals surface area contributed by atoms with Crippen molar-refractivity contribution in [1.29, 1.82) is 0 Å². The van der Waals surface area contributed by atoms with Gasteiger partial charge in [-0.3, -0.25) is 19.2 Å². The SMILES string of the molecule is CCOC(=O)CCC(=O)C(C)NC(=O)C[C@@H]1O[C@@H](c2cccc(OC)c2OC)c2cc(Cl)ccc2N(Cc2ccc(OC)cc2OC)C1=O. The van der Waals surface area contributed by atoms with E-state index in [1.807, 2.05) is 0 Å². The number of rotatable bonds is 15. The van der Waals surface area contributed by atoms with Crippen LogP contribution in [0.4, 0.5) is 5.69 Å². The molecular formula is C36H41ClN2O10.